The monoisotopic (exact) mass is 295 g/mol. The summed E-state index contributed by atoms with van der Waals surface area (Å²) in [5.41, 5.74) is 4.30. The summed E-state index contributed by atoms with van der Waals surface area (Å²) < 4.78 is 5.95. The standard InChI is InChI=1S/C20H25NO/c1-16-15-21-12-11-18-14-19(9-10-20(16)18)22-13-5-8-17-6-3-2-4-7-17/h2-4,6-7,9-10,14,16,21H,5,8,11-13,15H2,1H3/t16-/m0/s1. The largest absolute Gasteiger partial charge is 0.494 e. The number of hydrogen-bond donors (Lipinski definition) is 1. The van der Waals surface area contributed by atoms with Gasteiger partial charge in [-0.05, 0) is 60.5 Å². The van der Waals surface area contributed by atoms with E-state index in [1.54, 1.807) is 0 Å². The second-order valence-corrected chi connectivity index (χ2v) is 6.15. The van der Waals surface area contributed by atoms with Crippen LogP contribution in [0, 0.1) is 0 Å². The van der Waals surface area contributed by atoms with Gasteiger partial charge in [0.25, 0.3) is 0 Å². The molecular weight excluding hydrogens is 270 g/mol. The summed E-state index contributed by atoms with van der Waals surface area (Å²) in [6.45, 7) is 5.21. The summed E-state index contributed by atoms with van der Waals surface area (Å²) in [5.74, 6) is 1.60. The van der Waals surface area contributed by atoms with Crippen molar-refractivity contribution in [3.05, 3.63) is 65.2 Å². The van der Waals surface area contributed by atoms with Crippen LogP contribution in [0.25, 0.3) is 0 Å². The average molecular weight is 295 g/mol. The molecule has 1 heterocycles. The molecule has 0 spiro atoms. The number of fused-ring (bicyclic) bond motifs is 1. The Kier molecular flexibility index (Phi) is 5.12. The smallest absolute Gasteiger partial charge is 0.119 e. The summed E-state index contributed by atoms with van der Waals surface area (Å²) >= 11 is 0. The van der Waals surface area contributed by atoms with Gasteiger partial charge < -0.3 is 10.1 Å². The maximum Gasteiger partial charge on any atom is 0.119 e. The minimum atomic E-state index is 0.588. The van der Waals surface area contributed by atoms with Gasteiger partial charge in [0, 0.05) is 6.54 Å². The van der Waals surface area contributed by atoms with Crippen molar-refractivity contribution in [2.75, 3.05) is 19.7 Å². The lowest BCUT2D eigenvalue weighted by molar-refractivity contribution is 0.310. The van der Waals surface area contributed by atoms with Crippen molar-refractivity contribution in [3.8, 4) is 5.75 Å². The fraction of sp³-hybridized carbons (Fsp3) is 0.400. The van der Waals surface area contributed by atoms with Gasteiger partial charge in [-0.15, -0.1) is 0 Å². The third-order valence-electron chi connectivity index (χ3n) is 4.39. The van der Waals surface area contributed by atoms with Crippen LogP contribution in [0.4, 0.5) is 0 Å². The van der Waals surface area contributed by atoms with E-state index < -0.39 is 0 Å². The first-order valence-corrected chi connectivity index (χ1v) is 8.33. The minimum Gasteiger partial charge on any atom is -0.494 e. The number of benzene rings is 2. The SMILES string of the molecule is C[C@H]1CNCCc2cc(OCCCc3ccccc3)ccc21. The van der Waals surface area contributed by atoms with Crippen molar-refractivity contribution < 1.29 is 4.74 Å². The van der Waals surface area contributed by atoms with E-state index in [0.29, 0.717) is 5.92 Å². The Labute approximate surface area is 133 Å². The lowest BCUT2D eigenvalue weighted by Gasteiger charge is -2.14. The topological polar surface area (TPSA) is 21.3 Å². The van der Waals surface area contributed by atoms with Gasteiger partial charge in [-0.2, -0.15) is 0 Å². The molecule has 0 radical (unpaired) electrons. The second-order valence-electron chi connectivity index (χ2n) is 6.15. The van der Waals surface area contributed by atoms with Gasteiger partial charge in [-0.25, -0.2) is 0 Å². The van der Waals surface area contributed by atoms with Crippen molar-refractivity contribution in [2.45, 2.75) is 32.1 Å². The molecule has 0 bridgehead atoms. The number of ether oxygens (including phenoxy) is 1. The van der Waals surface area contributed by atoms with E-state index in [1.807, 2.05) is 0 Å². The highest BCUT2D eigenvalue weighted by molar-refractivity contribution is 5.38. The van der Waals surface area contributed by atoms with Crippen LogP contribution in [0.3, 0.4) is 0 Å². The van der Waals surface area contributed by atoms with Crippen LogP contribution in [0.2, 0.25) is 0 Å². The third-order valence-corrected chi connectivity index (χ3v) is 4.39. The molecule has 1 atom stereocenters. The molecule has 0 aliphatic carbocycles. The molecule has 2 aromatic rings. The first-order chi connectivity index (χ1) is 10.8. The maximum atomic E-state index is 5.95. The molecule has 0 saturated carbocycles. The fourth-order valence-corrected chi connectivity index (χ4v) is 3.13. The lowest BCUT2D eigenvalue weighted by atomic mass is 9.95. The van der Waals surface area contributed by atoms with Crippen LogP contribution in [0.15, 0.2) is 48.5 Å². The molecule has 1 aliphatic heterocycles. The molecule has 3 rings (SSSR count). The quantitative estimate of drug-likeness (QED) is 0.843. The molecule has 2 aromatic carbocycles. The van der Waals surface area contributed by atoms with Crippen LogP contribution in [-0.2, 0) is 12.8 Å². The molecule has 22 heavy (non-hydrogen) atoms. The van der Waals surface area contributed by atoms with Crippen LogP contribution in [-0.4, -0.2) is 19.7 Å². The van der Waals surface area contributed by atoms with Gasteiger partial charge in [0.15, 0.2) is 0 Å². The zero-order chi connectivity index (χ0) is 15.2. The van der Waals surface area contributed by atoms with Gasteiger partial charge in [-0.1, -0.05) is 43.3 Å². The van der Waals surface area contributed by atoms with Crippen LogP contribution >= 0.6 is 0 Å². The minimum absolute atomic E-state index is 0.588. The summed E-state index contributed by atoms with van der Waals surface area (Å²) in [7, 11) is 0. The van der Waals surface area contributed by atoms with E-state index in [0.717, 1.165) is 44.7 Å². The molecule has 0 aromatic heterocycles. The van der Waals surface area contributed by atoms with E-state index >= 15 is 0 Å². The second kappa shape index (κ2) is 7.46. The van der Waals surface area contributed by atoms with Gasteiger partial charge in [0.05, 0.1) is 6.61 Å². The Bertz CT molecular complexity index is 594. The first-order valence-electron chi connectivity index (χ1n) is 8.33. The molecule has 0 amide bonds. The van der Waals surface area contributed by atoms with Crippen LogP contribution < -0.4 is 10.1 Å². The van der Waals surface area contributed by atoms with Crippen molar-refractivity contribution >= 4 is 0 Å². The highest BCUT2D eigenvalue weighted by Crippen LogP contribution is 2.26. The Morgan fingerprint density at radius 3 is 2.86 bits per heavy atom. The maximum absolute atomic E-state index is 5.95. The number of rotatable bonds is 5. The Morgan fingerprint density at radius 1 is 1.14 bits per heavy atom. The molecule has 0 saturated heterocycles. The van der Waals surface area contributed by atoms with Crippen molar-refractivity contribution in [1.82, 2.24) is 5.32 Å². The predicted molar refractivity (Wildman–Crippen MR) is 91.7 cm³/mol. The highest BCUT2D eigenvalue weighted by atomic mass is 16.5. The Hall–Kier alpha value is -1.80. The number of nitrogens with one attached hydrogen (secondary N) is 1. The van der Waals surface area contributed by atoms with E-state index in [2.05, 4.69) is 60.8 Å². The highest BCUT2D eigenvalue weighted by Gasteiger charge is 2.14. The Balaban J connectivity index is 1.54. The Morgan fingerprint density at radius 2 is 2.00 bits per heavy atom. The van der Waals surface area contributed by atoms with E-state index in [9.17, 15) is 0 Å². The summed E-state index contributed by atoms with van der Waals surface area (Å²) in [6, 6.07) is 17.2. The van der Waals surface area contributed by atoms with Gasteiger partial charge in [0.1, 0.15) is 5.75 Å². The zero-order valence-electron chi connectivity index (χ0n) is 13.3. The van der Waals surface area contributed by atoms with Gasteiger partial charge in [0.2, 0.25) is 0 Å². The molecule has 1 aliphatic rings. The first kappa shape index (κ1) is 15.1. The van der Waals surface area contributed by atoms with E-state index in [1.165, 1.54) is 16.7 Å². The van der Waals surface area contributed by atoms with Crippen LogP contribution in [0.5, 0.6) is 5.75 Å². The molecule has 1 N–H and O–H groups in total. The van der Waals surface area contributed by atoms with Gasteiger partial charge in [-0.3, -0.25) is 0 Å². The fourth-order valence-electron chi connectivity index (χ4n) is 3.13. The molecule has 2 nitrogen and oxygen atoms in total. The van der Waals surface area contributed by atoms with Crippen molar-refractivity contribution in [1.29, 1.82) is 0 Å². The number of hydrogen-bond acceptors (Lipinski definition) is 2. The van der Waals surface area contributed by atoms with Crippen molar-refractivity contribution in [3.63, 3.8) is 0 Å². The van der Waals surface area contributed by atoms with E-state index in [-0.39, 0.29) is 0 Å². The third kappa shape index (κ3) is 3.89. The predicted octanol–water partition coefficient (Wildman–Crippen LogP) is 3.95. The molecular formula is C20H25NO. The lowest BCUT2D eigenvalue weighted by Crippen LogP contribution is -2.18. The molecule has 0 fully saturated rings. The number of aryl methyl sites for hydroxylation is 1. The van der Waals surface area contributed by atoms with Crippen molar-refractivity contribution in [2.24, 2.45) is 0 Å². The molecule has 116 valence electrons. The van der Waals surface area contributed by atoms with Crippen LogP contribution in [0.1, 0.15) is 36.0 Å². The molecule has 2 heteroatoms. The average Bonchev–Trinajstić information content (AvgIpc) is 2.74. The summed E-state index contributed by atoms with van der Waals surface area (Å²) in [4.78, 5) is 0. The summed E-state index contributed by atoms with van der Waals surface area (Å²) in [6.07, 6.45) is 3.23. The molecule has 0 unspecified atom stereocenters. The summed E-state index contributed by atoms with van der Waals surface area (Å²) in [5, 5.41) is 3.49. The van der Waals surface area contributed by atoms with E-state index in [4.69, 9.17) is 4.74 Å². The van der Waals surface area contributed by atoms with Gasteiger partial charge >= 0.3 is 0 Å². The normalized spacial score (nSPS) is 17.6. The zero-order valence-corrected chi connectivity index (χ0v) is 13.3.